The molecular weight excluding hydrogens is 292 g/mol. The molecule has 0 aliphatic rings. The molecule has 0 atom stereocenters. The molecule has 1 aromatic heterocycles. The van der Waals surface area contributed by atoms with Crippen LogP contribution in [0.4, 0.5) is 11.6 Å². The maximum absolute atomic E-state index is 11.9. The van der Waals surface area contributed by atoms with Crippen LogP contribution in [-0.4, -0.2) is 37.0 Å². The number of methoxy groups -OCH3 is 1. The van der Waals surface area contributed by atoms with Crippen molar-refractivity contribution in [3.63, 3.8) is 0 Å². The smallest absolute Gasteiger partial charge is 0.345 e. The van der Waals surface area contributed by atoms with Gasteiger partial charge in [-0.3, -0.25) is 0 Å². The van der Waals surface area contributed by atoms with Gasteiger partial charge in [0.25, 0.3) is 0 Å². The van der Waals surface area contributed by atoms with Crippen LogP contribution < -0.4 is 10.6 Å². The fraction of sp³-hybridized carbons (Fsp3) is 0.286. The van der Waals surface area contributed by atoms with Crippen LogP contribution in [-0.2, 0) is 4.74 Å². The Bertz CT molecular complexity index is 695. The fourth-order valence-corrected chi connectivity index (χ4v) is 2.12. The van der Waals surface area contributed by atoms with Crippen LogP contribution in [0.15, 0.2) is 18.2 Å². The number of halogens is 1. The molecule has 21 heavy (non-hydrogen) atoms. The summed E-state index contributed by atoms with van der Waals surface area (Å²) < 4.78 is 6.25. The van der Waals surface area contributed by atoms with E-state index in [2.05, 4.69) is 5.10 Å². The average Bonchev–Trinajstić information content (AvgIpc) is 2.79. The minimum atomic E-state index is -0.527. The molecule has 2 N–H and O–H groups in total. The predicted molar refractivity (Wildman–Crippen MR) is 83.4 cm³/mol. The van der Waals surface area contributed by atoms with Crippen LogP contribution in [0.2, 0.25) is 5.02 Å². The molecule has 112 valence electrons. The van der Waals surface area contributed by atoms with Crippen LogP contribution in [0.1, 0.15) is 15.9 Å². The van der Waals surface area contributed by atoms with Gasteiger partial charge < -0.3 is 15.4 Å². The van der Waals surface area contributed by atoms with Crippen LogP contribution in [0, 0.1) is 6.92 Å². The highest BCUT2D eigenvalue weighted by Gasteiger charge is 2.25. The quantitative estimate of drug-likeness (QED) is 0.881. The molecular formula is C14H17ClN4O2. The van der Waals surface area contributed by atoms with Gasteiger partial charge in [-0.15, -0.1) is 5.10 Å². The van der Waals surface area contributed by atoms with Gasteiger partial charge in [0, 0.05) is 19.1 Å². The zero-order chi connectivity index (χ0) is 15.7. The summed E-state index contributed by atoms with van der Waals surface area (Å²) in [5.41, 5.74) is 7.94. The van der Waals surface area contributed by atoms with Gasteiger partial charge in [0.15, 0.2) is 5.82 Å². The highest BCUT2D eigenvalue weighted by atomic mass is 35.5. The molecule has 0 spiro atoms. The van der Waals surface area contributed by atoms with E-state index in [4.69, 9.17) is 22.1 Å². The Morgan fingerprint density at radius 1 is 1.43 bits per heavy atom. The first-order valence-electron chi connectivity index (χ1n) is 6.27. The lowest BCUT2D eigenvalue weighted by Crippen LogP contribution is -2.14. The van der Waals surface area contributed by atoms with Crippen LogP contribution in [0.5, 0.6) is 0 Å². The van der Waals surface area contributed by atoms with Gasteiger partial charge >= 0.3 is 5.97 Å². The third-order valence-electron chi connectivity index (χ3n) is 3.12. The highest BCUT2D eigenvalue weighted by molar-refractivity contribution is 6.31. The molecule has 2 rings (SSSR count). The Kier molecular flexibility index (Phi) is 4.09. The van der Waals surface area contributed by atoms with Gasteiger partial charge in [-0.2, -0.15) is 0 Å². The van der Waals surface area contributed by atoms with Crippen molar-refractivity contribution in [3.05, 3.63) is 34.3 Å². The van der Waals surface area contributed by atoms with Gasteiger partial charge in [0.2, 0.25) is 0 Å². The van der Waals surface area contributed by atoms with Crippen molar-refractivity contribution in [1.82, 2.24) is 9.78 Å². The number of carbonyl (C=O) groups is 1. The molecule has 1 aromatic carbocycles. The molecule has 0 saturated heterocycles. The number of ether oxygens (including phenoxy) is 1. The SMILES string of the molecule is COC(=O)c1c(N(C)C)nn(-c2ccc(C)c(Cl)c2)c1N. The number of nitrogens with zero attached hydrogens (tertiary/aromatic N) is 3. The molecule has 0 radical (unpaired) electrons. The second-order valence-corrected chi connectivity index (χ2v) is 5.22. The summed E-state index contributed by atoms with van der Waals surface area (Å²) in [6.45, 7) is 1.91. The Hall–Kier alpha value is -2.21. The van der Waals surface area contributed by atoms with Gasteiger partial charge in [-0.05, 0) is 24.6 Å². The molecule has 7 heteroatoms. The van der Waals surface area contributed by atoms with Crippen LogP contribution in [0.25, 0.3) is 5.69 Å². The number of benzene rings is 1. The van der Waals surface area contributed by atoms with Crippen LogP contribution in [0.3, 0.4) is 0 Å². The number of anilines is 2. The third-order valence-corrected chi connectivity index (χ3v) is 3.52. The van der Waals surface area contributed by atoms with Gasteiger partial charge in [-0.1, -0.05) is 17.7 Å². The standard InChI is InChI=1S/C14H17ClN4O2/c1-8-5-6-9(7-10(8)15)19-12(16)11(14(20)21-4)13(17-19)18(2)3/h5-7H,16H2,1-4H3. The molecule has 0 aliphatic carbocycles. The molecule has 0 bridgehead atoms. The van der Waals surface area contributed by atoms with Crippen molar-refractivity contribution >= 4 is 29.2 Å². The first kappa shape index (κ1) is 15.2. The molecule has 0 fully saturated rings. The number of nitrogen functional groups attached to an aromatic ring is 1. The second-order valence-electron chi connectivity index (χ2n) is 4.82. The lowest BCUT2D eigenvalue weighted by Gasteiger charge is -2.09. The van der Waals surface area contributed by atoms with E-state index in [1.807, 2.05) is 19.1 Å². The molecule has 0 unspecified atom stereocenters. The largest absolute Gasteiger partial charge is 0.465 e. The second kappa shape index (κ2) is 5.65. The summed E-state index contributed by atoms with van der Waals surface area (Å²) >= 11 is 6.13. The zero-order valence-electron chi connectivity index (χ0n) is 12.3. The fourth-order valence-electron chi connectivity index (χ4n) is 1.94. The topological polar surface area (TPSA) is 73.4 Å². The van der Waals surface area contributed by atoms with Crippen molar-refractivity contribution in [2.45, 2.75) is 6.92 Å². The number of aryl methyl sites for hydroxylation is 1. The van der Waals surface area contributed by atoms with E-state index in [0.717, 1.165) is 5.56 Å². The molecule has 0 aliphatic heterocycles. The number of carbonyl (C=O) groups excluding carboxylic acids is 1. The van der Waals surface area contributed by atoms with E-state index in [9.17, 15) is 4.79 Å². The number of rotatable bonds is 3. The summed E-state index contributed by atoms with van der Waals surface area (Å²) in [6.07, 6.45) is 0. The zero-order valence-corrected chi connectivity index (χ0v) is 13.1. The minimum absolute atomic E-state index is 0.213. The molecule has 1 heterocycles. The summed E-state index contributed by atoms with van der Waals surface area (Å²) in [6, 6.07) is 5.46. The third kappa shape index (κ3) is 2.67. The monoisotopic (exact) mass is 308 g/mol. The van der Waals surface area contributed by atoms with Crippen molar-refractivity contribution < 1.29 is 9.53 Å². The van der Waals surface area contributed by atoms with Gasteiger partial charge in [0.05, 0.1) is 12.8 Å². The lowest BCUT2D eigenvalue weighted by atomic mass is 10.2. The summed E-state index contributed by atoms with van der Waals surface area (Å²) in [5.74, 6) is 0.127. The molecule has 0 saturated carbocycles. The summed E-state index contributed by atoms with van der Waals surface area (Å²) in [5, 5.41) is 4.98. The number of esters is 1. The van der Waals surface area contributed by atoms with Gasteiger partial charge in [0.1, 0.15) is 11.4 Å². The van der Waals surface area contributed by atoms with E-state index in [-0.39, 0.29) is 11.4 Å². The number of aromatic nitrogens is 2. The highest BCUT2D eigenvalue weighted by Crippen LogP contribution is 2.29. The normalized spacial score (nSPS) is 10.5. The van der Waals surface area contributed by atoms with Crippen molar-refractivity contribution in [3.8, 4) is 5.69 Å². The first-order chi connectivity index (χ1) is 9.86. The first-order valence-corrected chi connectivity index (χ1v) is 6.65. The molecule has 0 amide bonds. The Labute approximate surface area is 128 Å². The molecule has 2 aromatic rings. The Morgan fingerprint density at radius 2 is 2.10 bits per heavy atom. The lowest BCUT2D eigenvalue weighted by molar-refractivity contribution is 0.0602. The number of nitrogens with two attached hydrogens (primary N) is 1. The minimum Gasteiger partial charge on any atom is -0.465 e. The maximum atomic E-state index is 11.9. The number of hydrogen-bond donors (Lipinski definition) is 1. The predicted octanol–water partition coefficient (Wildman–Crippen LogP) is 2.27. The van der Waals surface area contributed by atoms with E-state index in [0.29, 0.717) is 16.5 Å². The molecule has 6 nitrogen and oxygen atoms in total. The Balaban J connectivity index is 2.64. The van der Waals surface area contributed by atoms with E-state index >= 15 is 0 Å². The van der Waals surface area contributed by atoms with E-state index in [1.54, 1.807) is 25.1 Å². The van der Waals surface area contributed by atoms with Crippen molar-refractivity contribution in [1.29, 1.82) is 0 Å². The van der Waals surface area contributed by atoms with Gasteiger partial charge in [-0.25, -0.2) is 9.48 Å². The van der Waals surface area contributed by atoms with E-state index in [1.165, 1.54) is 11.8 Å². The number of hydrogen-bond acceptors (Lipinski definition) is 5. The maximum Gasteiger partial charge on any atom is 0.345 e. The van der Waals surface area contributed by atoms with Crippen molar-refractivity contribution in [2.75, 3.05) is 31.8 Å². The summed E-state index contributed by atoms with van der Waals surface area (Å²) in [4.78, 5) is 13.6. The Morgan fingerprint density at radius 3 is 2.62 bits per heavy atom. The van der Waals surface area contributed by atoms with Crippen LogP contribution >= 0.6 is 11.6 Å². The average molecular weight is 309 g/mol. The van der Waals surface area contributed by atoms with E-state index < -0.39 is 5.97 Å². The summed E-state index contributed by atoms with van der Waals surface area (Å²) in [7, 11) is 4.86. The van der Waals surface area contributed by atoms with Crippen molar-refractivity contribution in [2.24, 2.45) is 0 Å².